The first-order chi connectivity index (χ1) is 14.3. The number of fused-ring (bicyclic) bond motifs is 1. The summed E-state index contributed by atoms with van der Waals surface area (Å²) in [6.07, 6.45) is 0. The maximum atomic E-state index is 13.0. The largest absolute Gasteiger partial charge is 0.332 e. The lowest BCUT2D eigenvalue weighted by molar-refractivity contribution is 0.0973. The molecule has 1 N–H and O–H groups in total. The van der Waals surface area contributed by atoms with Crippen LogP contribution in [0.3, 0.4) is 0 Å². The highest BCUT2D eigenvalue weighted by atomic mass is 35.5. The normalized spacial score (nSPS) is 11.5. The first-order valence-electron chi connectivity index (χ1n) is 8.99. The number of benzene rings is 3. The maximum absolute atomic E-state index is 13.0. The number of nitrogens with one attached hydrogen (secondary N) is 1. The standard InChI is InChI=1S/C22H16Cl2N2O3S/c23-18-11-10-15(12-19(18)24)14-26-20-9-5-4-6-16(20)13-21(26)22(27)25-30(28,29)17-7-2-1-3-8-17/h1-13H,14H2,(H,25,27). The number of hydrogen-bond acceptors (Lipinski definition) is 3. The van der Waals surface area contributed by atoms with Crippen molar-refractivity contribution in [3.8, 4) is 0 Å². The molecular formula is C22H16Cl2N2O3S. The predicted molar refractivity (Wildman–Crippen MR) is 119 cm³/mol. The number of nitrogens with zero attached hydrogens (tertiary/aromatic N) is 1. The van der Waals surface area contributed by atoms with Gasteiger partial charge >= 0.3 is 0 Å². The van der Waals surface area contributed by atoms with Crippen LogP contribution in [0.2, 0.25) is 10.0 Å². The van der Waals surface area contributed by atoms with Crippen LogP contribution in [0.4, 0.5) is 0 Å². The fraction of sp³-hybridized carbons (Fsp3) is 0.0455. The van der Waals surface area contributed by atoms with Gasteiger partial charge in [0.1, 0.15) is 5.69 Å². The molecule has 1 aromatic heterocycles. The van der Waals surface area contributed by atoms with E-state index in [9.17, 15) is 13.2 Å². The molecule has 0 spiro atoms. The molecule has 0 aliphatic rings. The van der Waals surface area contributed by atoms with Crippen LogP contribution in [0.5, 0.6) is 0 Å². The summed E-state index contributed by atoms with van der Waals surface area (Å²) in [6.45, 7) is 0.318. The molecule has 4 aromatic rings. The minimum atomic E-state index is -4.00. The molecule has 1 heterocycles. The Morgan fingerprint density at radius 3 is 2.30 bits per heavy atom. The molecule has 0 bridgehead atoms. The van der Waals surface area contributed by atoms with Crippen molar-refractivity contribution in [2.45, 2.75) is 11.4 Å². The van der Waals surface area contributed by atoms with E-state index in [1.54, 1.807) is 41.0 Å². The van der Waals surface area contributed by atoms with Gasteiger partial charge in [0.2, 0.25) is 0 Å². The third-order valence-electron chi connectivity index (χ3n) is 4.65. The minimum Gasteiger partial charge on any atom is -0.332 e. The van der Waals surface area contributed by atoms with Crippen molar-refractivity contribution in [3.63, 3.8) is 0 Å². The highest BCUT2D eigenvalue weighted by molar-refractivity contribution is 7.90. The number of sulfonamides is 1. The zero-order chi connectivity index (χ0) is 21.3. The van der Waals surface area contributed by atoms with Crippen molar-refractivity contribution in [2.75, 3.05) is 0 Å². The van der Waals surface area contributed by atoms with Gasteiger partial charge in [-0.2, -0.15) is 0 Å². The van der Waals surface area contributed by atoms with Crippen molar-refractivity contribution in [1.29, 1.82) is 0 Å². The van der Waals surface area contributed by atoms with Crippen LogP contribution in [0, 0.1) is 0 Å². The van der Waals surface area contributed by atoms with E-state index in [0.717, 1.165) is 16.5 Å². The number of halogens is 2. The fourth-order valence-corrected chi connectivity index (χ4v) is 4.52. The van der Waals surface area contributed by atoms with Crippen LogP contribution in [0.1, 0.15) is 16.1 Å². The Morgan fingerprint density at radius 2 is 1.57 bits per heavy atom. The molecule has 0 saturated carbocycles. The molecular weight excluding hydrogens is 443 g/mol. The summed E-state index contributed by atoms with van der Waals surface area (Å²) >= 11 is 12.1. The summed E-state index contributed by atoms with van der Waals surface area (Å²) in [5.41, 5.74) is 1.85. The first-order valence-corrected chi connectivity index (χ1v) is 11.2. The Balaban J connectivity index is 1.74. The summed E-state index contributed by atoms with van der Waals surface area (Å²) in [5, 5.41) is 1.66. The van der Waals surface area contributed by atoms with Gasteiger partial charge in [0.15, 0.2) is 0 Å². The molecule has 0 aliphatic carbocycles. The molecule has 0 fully saturated rings. The van der Waals surface area contributed by atoms with Gasteiger partial charge in [0.25, 0.3) is 15.9 Å². The molecule has 4 rings (SSSR count). The average molecular weight is 459 g/mol. The molecule has 0 radical (unpaired) electrons. The number of rotatable bonds is 5. The minimum absolute atomic E-state index is 0.0190. The number of carbonyl (C=O) groups excluding carboxylic acids is 1. The van der Waals surface area contributed by atoms with E-state index >= 15 is 0 Å². The number of para-hydroxylation sites is 1. The van der Waals surface area contributed by atoms with E-state index in [-0.39, 0.29) is 10.6 Å². The van der Waals surface area contributed by atoms with Crippen molar-refractivity contribution in [3.05, 3.63) is 100 Å². The monoisotopic (exact) mass is 458 g/mol. The Kier molecular flexibility index (Phi) is 5.56. The molecule has 1 amide bonds. The Labute approximate surface area is 183 Å². The van der Waals surface area contributed by atoms with E-state index in [1.165, 1.54) is 12.1 Å². The molecule has 5 nitrogen and oxygen atoms in total. The second kappa shape index (κ2) is 8.14. The van der Waals surface area contributed by atoms with Crippen LogP contribution in [0.25, 0.3) is 10.9 Å². The van der Waals surface area contributed by atoms with Crippen molar-refractivity contribution in [1.82, 2.24) is 9.29 Å². The SMILES string of the molecule is O=C(NS(=O)(=O)c1ccccc1)c1cc2ccccc2n1Cc1ccc(Cl)c(Cl)c1. The van der Waals surface area contributed by atoms with Gasteiger partial charge in [-0.15, -0.1) is 0 Å². The van der Waals surface area contributed by atoms with E-state index in [4.69, 9.17) is 23.2 Å². The summed E-state index contributed by atoms with van der Waals surface area (Å²) < 4.78 is 29.1. The topological polar surface area (TPSA) is 68.2 Å². The fourth-order valence-electron chi connectivity index (χ4n) is 3.22. The Bertz CT molecular complexity index is 1350. The highest BCUT2D eigenvalue weighted by Gasteiger charge is 2.22. The Hall–Kier alpha value is -2.80. The molecule has 0 unspecified atom stereocenters. The number of carbonyl (C=O) groups is 1. The average Bonchev–Trinajstić information content (AvgIpc) is 3.10. The summed E-state index contributed by atoms with van der Waals surface area (Å²) in [4.78, 5) is 13.0. The first kappa shape index (κ1) is 20.5. The highest BCUT2D eigenvalue weighted by Crippen LogP contribution is 2.26. The molecule has 3 aromatic carbocycles. The second-order valence-corrected chi connectivity index (χ2v) is 9.17. The van der Waals surface area contributed by atoms with Gasteiger partial charge in [-0.1, -0.05) is 65.7 Å². The summed E-state index contributed by atoms with van der Waals surface area (Å²) in [6, 6.07) is 22.1. The van der Waals surface area contributed by atoms with Crippen LogP contribution >= 0.6 is 23.2 Å². The zero-order valence-electron chi connectivity index (χ0n) is 15.5. The van der Waals surface area contributed by atoms with Crippen molar-refractivity contribution >= 4 is 50.0 Å². The lowest BCUT2D eigenvalue weighted by atomic mass is 10.2. The summed E-state index contributed by atoms with van der Waals surface area (Å²) in [7, 11) is -4.00. The lowest BCUT2D eigenvalue weighted by Crippen LogP contribution is -2.32. The van der Waals surface area contributed by atoms with Gasteiger partial charge in [0.05, 0.1) is 14.9 Å². The van der Waals surface area contributed by atoms with Crippen molar-refractivity contribution in [2.24, 2.45) is 0 Å². The molecule has 0 atom stereocenters. The van der Waals surface area contributed by atoms with Gasteiger partial charge in [-0.3, -0.25) is 4.79 Å². The van der Waals surface area contributed by atoms with Gasteiger partial charge in [0, 0.05) is 17.4 Å². The molecule has 152 valence electrons. The second-order valence-electron chi connectivity index (χ2n) is 6.67. The molecule has 8 heteroatoms. The van der Waals surface area contributed by atoms with Gasteiger partial charge in [-0.05, 0) is 42.0 Å². The lowest BCUT2D eigenvalue weighted by Gasteiger charge is -2.12. The van der Waals surface area contributed by atoms with Gasteiger partial charge < -0.3 is 4.57 Å². The van der Waals surface area contributed by atoms with E-state index in [0.29, 0.717) is 16.6 Å². The smallest absolute Gasteiger partial charge is 0.281 e. The van der Waals surface area contributed by atoms with Crippen LogP contribution in [-0.2, 0) is 16.6 Å². The molecule has 0 saturated heterocycles. The van der Waals surface area contributed by atoms with Crippen molar-refractivity contribution < 1.29 is 13.2 Å². The number of hydrogen-bond donors (Lipinski definition) is 1. The van der Waals surface area contributed by atoms with E-state index in [2.05, 4.69) is 4.72 Å². The van der Waals surface area contributed by atoms with E-state index < -0.39 is 15.9 Å². The van der Waals surface area contributed by atoms with Crippen LogP contribution in [0.15, 0.2) is 83.8 Å². The third kappa shape index (κ3) is 4.07. The number of amides is 1. The van der Waals surface area contributed by atoms with E-state index in [1.807, 2.05) is 30.3 Å². The Morgan fingerprint density at radius 1 is 0.867 bits per heavy atom. The quantitative estimate of drug-likeness (QED) is 0.451. The molecule has 0 aliphatic heterocycles. The number of aromatic nitrogens is 1. The zero-order valence-corrected chi connectivity index (χ0v) is 17.9. The maximum Gasteiger partial charge on any atom is 0.281 e. The predicted octanol–water partition coefficient (Wildman–Crippen LogP) is 5.12. The summed E-state index contributed by atoms with van der Waals surface area (Å²) in [5.74, 6) is -0.713. The van der Waals surface area contributed by atoms with Gasteiger partial charge in [-0.25, -0.2) is 13.1 Å². The molecule has 30 heavy (non-hydrogen) atoms. The third-order valence-corrected chi connectivity index (χ3v) is 6.73. The van der Waals surface area contributed by atoms with Crippen LogP contribution < -0.4 is 4.72 Å². The van der Waals surface area contributed by atoms with Crippen LogP contribution in [-0.4, -0.2) is 18.9 Å².